The zero-order valence-electron chi connectivity index (χ0n) is 34.0. The summed E-state index contributed by atoms with van der Waals surface area (Å²) in [6, 6.07) is 88.3. The van der Waals surface area contributed by atoms with Gasteiger partial charge in [0.1, 0.15) is 0 Å². The maximum atomic E-state index is 2.41. The zero-order chi connectivity index (χ0) is 41.0. The molecule has 0 atom stereocenters. The van der Waals surface area contributed by atoms with E-state index < -0.39 is 0 Å². The average molecular weight is 789 g/mol. The van der Waals surface area contributed by atoms with Crippen LogP contribution >= 0.6 is 0 Å². The fourth-order valence-corrected chi connectivity index (χ4v) is 9.49. The second kappa shape index (κ2) is 14.8. The molecule has 0 saturated heterocycles. The van der Waals surface area contributed by atoms with Gasteiger partial charge in [0.05, 0.1) is 22.1 Å². The highest BCUT2D eigenvalue weighted by atomic mass is 15.0. The number of hydrogen-bond donors (Lipinski definition) is 0. The van der Waals surface area contributed by atoms with Gasteiger partial charge in [0.25, 0.3) is 0 Å². The van der Waals surface area contributed by atoms with Crippen molar-refractivity contribution in [3.63, 3.8) is 0 Å². The van der Waals surface area contributed by atoms with E-state index in [4.69, 9.17) is 0 Å². The molecule has 2 nitrogen and oxygen atoms in total. The quantitative estimate of drug-likeness (QED) is 0.152. The van der Waals surface area contributed by atoms with Crippen molar-refractivity contribution < 1.29 is 0 Å². The van der Waals surface area contributed by atoms with Crippen LogP contribution in [-0.2, 0) is 0 Å². The monoisotopic (exact) mass is 788 g/mol. The van der Waals surface area contributed by atoms with E-state index in [9.17, 15) is 0 Å². The highest BCUT2D eigenvalue weighted by molar-refractivity contribution is 6.12. The molecule has 2 heteroatoms. The minimum atomic E-state index is 1.14. The fourth-order valence-electron chi connectivity index (χ4n) is 9.49. The van der Waals surface area contributed by atoms with Crippen molar-refractivity contribution in [3.05, 3.63) is 243 Å². The van der Waals surface area contributed by atoms with Crippen molar-refractivity contribution >= 4 is 43.6 Å². The van der Waals surface area contributed by atoms with Gasteiger partial charge in [0.15, 0.2) is 0 Å². The largest absolute Gasteiger partial charge is 0.309 e. The third-order valence-electron chi connectivity index (χ3n) is 12.5. The van der Waals surface area contributed by atoms with Crippen molar-refractivity contribution in [3.8, 4) is 67.0 Å². The van der Waals surface area contributed by atoms with Gasteiger partial charge in [-0.2, -0.15) is 0 Å². The van der Waals surface area contributed by atoms with Gasteiger partial charge in [0, 0.05) is 32.9 Å². The Hall–Kier alpha value is -8.20. The van der Waals surface area contributed by atoms with Gasteiger partial charge >= 0.3 is 0 Å². The molecule has 0 aliphatic rings. The Morgan fingerprint density at radius 3 is 0.919 bits per heavy atom. The molecule has 0 bridgehead atoms. The van der Waals surface area contributed by atoms with Crippen molar-refractivity contribution in [2.45, 2.75) is 0 Å². The summed E-state index contributed by atoms with van der Waals surface area (Å²) < 4.78 is 4.80. The number of aromatic nitrogens is 2. The number of hydrogen-bond acceptors (Lipinski definition) is 0. The van der Waals surface area contributed by atoms with Crippen molar-refractivity contribution in [2.75, 3.05) is 0 Å². The summed E-state index contributed by atoms with van der Waals surface area (Å²) in [6.45, 7) is 0. The molecule has 2 aromatic heterocycles. The summed E-state index contributed by atoms with van der Waals surface area (Å²) in [5.41, 5.74) is 19.2. The Bertz CT molecular complexity index is 3590. The van der Waals surface area contributed by atoms with E-state index in [1.807, 2.05) is 0 Å². The van der Waals surface area contributed by atoms with Crippen LogP contribution in [0.1, 0.15) is 0 Å². The van der Waals surface area contributed by atoms with Crippen LogP contribution in [0.2, 0.25) is 0 Å². The predicted molar refractivity (Wildman–Crippen MR) is 262 cm³/mol. The van der Waals surface area contributed by atoms with Crippen LogP contribution in [0, 0.1) is 0 Å². The number of para-hydroxylation sites is 2. The predicted octanol–water partition coefficient (Wildman–Crippen LogP) is 16.2. The molecule has 10 aromatic carbocycles. The van der Waals surface area contributed by atoms with Gasteiger partial charge in [-0.15, -0.1) is 0 Å². The van der Waals surface area contributed by atoms with Gasteiger partial charge in [-0.25, -0.2) is 0 Å². The van der Waals surface area contributed by atoms with Gasteiger partial charge < -0.3 is 9.13 Å². The molecule has 62 heavy (non-hydrogen) atoms. The first kappa shape index (κ1) is 35.7. The Morgan fingerprint density at radius 2 is 0.468 bits per heavy atom. The molecule has 0 aliphatic carbocycles. The molecular formula is C60H40N2. The van der Waals surface area contributed by atoms with Crippen LogP contribution < -0.4 is 0 Å². The van der Waals surface area contributed by atoms with Crippen LogP contribution in [0.4, 0.5) is 0 Å². The molecule has 0 fully saturated rings. The Balaban J connectivity index is 0.892. The molecule has 0 amide bonds. The molecule has 2 heterocycles. The third kappa shape index (κ3) is 6.12. The molecule has 0 unspecified atom stereocenters. The molecule has 0 aliphatic heterocycles. The van der Waals surface area contributed by atoms with Crippen LogP contribution in [-0.4, -0.2) is 9.13 Å². The van der Waals surface area contributed by atoms with Crippen LogP contribution in [0.5, 0.6) is 0 Å². The summed E-state index contributed by atoms with van der Waals surface area (Å²) in [7, 11) is 0. The lowest BCUT2D eigenvalue weighted by Crippen LogP contribution is -1.94. The molecular weight excluding hydrogens is 749 g/mol. The van der Waals surface area contributed by atoms with Gasteiger partial charge in [0.2, 0.25) is 0 Å². The lowest BCUT2D eigenvalue weighted by molar-refractivity contribution is 1.18. The van der Waals surface area contributed by atoms with Crippen molar-refractivity contribution in [1.82, 2.24) is 9.13 Å². The highest BCUT2D eigenvalue weighted by Crippen LogP contribution is 2.39. The summed E-state index contributed by atoms with van der Waals surface area (Å²) >= 11 is 0. The zero-order valence-corrected chi connectivity index (χ0v) is 34.0. The average Bonchev–Trinajstić information content (AvgIpc) is 3.87. The minimum Gasteiger partial charge on any atom is -0.309 e. The van der Waals surface area contributed by atoms with Gasteiger partial charge in [-0.1, -0.05) is 170 Å². The molecule has 12 aromatic rings. The van der Waals surface area contributed by atoms with Gasteiger partial charge in [-0.05, 0) is 128 Å². The first-order valence-electron chi connectivity index (χ1n) is 21.3. The normalized spacial score (nSPS) is 11.5. The Morgan fingerprint density at radius 1 is 0.177 bits per heavy atom. The summed E-state index contributed by atoms with van der Waals surface area (Å²) in [5, 5.41) is 4.99. The second-order valence-electron chi connectivity index (χ2n) is 16.2. The van der Waals surface area contributed by atoms with E-state index in [0.717, 1.165) is 11.4 Å². The van der Waals surface area contributed by atoms with Crippen LogP contribution in [0.15, 0.2) is 243 Å². The fraction of sp³-hybridized carbons (Fsp3) is 0. The number of benzene rings is 10. The van der Waals surface area contributed by atoms with Crippen LogP contribution in [0.25, 0.3) is 111 Å². The summed E-state index contributed by atoms with van der Waals surface area (Å²) in [6.07, 6.45) is 0. The van der Waals surface area contributed by atoms with Crippen molar-refractivity contribution in [2.24, 2.45) is 0 Å². The second-order valence-corrected chi connectivity index (χ2v) is 16.2. The van der Waals surface area contributed by atoms with E-state index in [-0.39, 0.29) is 0 Å². The molecule has 290 valence electrons. The Kier molecular flexibility index (Phi) is 8.53. The van der Waals surface area contributed by atoms with E-state index in [1.54, 1.807) is 0 Å². The standard InChI is InChI=1S/C60H40N2/c1-3-13-41(14-4-1)43-25-31-51(32-26-43)61-57-23-9-7-21-53(57)55-39-49(29-35-59(55)61)50-30-36-60-56(40-50)54-22-8-10-24-58(54)62(60)52-33-27-44(28-34-52)46-18-12-20-48(38-46)47-19-11-17-45(37-47)42-15-5-2-6-16-42/h1-40H. The smallest absolute Gasteiger partial charge is 0.0541 e. The van der Waals surface area contributed by atoms with E-state index in [0.29, 0.717) is 0 Å². The topological polar surface area (TPSA) is 9.86 Å². The molecule has 0 N–H and O–H groups in total. The number of fused-ring (bicyclic) bond motifs is 6. The first-order valence-corrected chi connectivity index (χ1v) is 21.3. The number of nitrogens with zero attached hydrogens (tertiary/aromatic N) is 2. The molecule has 0 saturated carbocycles. The maximum Gasteiger partial charge on any atom is 0.0541 e. The Labute approximate surface area is 360 Å². The van der Waals surface area contributed by atoms with Crippen LogP contribution in [0.3, 0.4) is 0 Å². The van der Waals surface area contributed by atoms with Gasteiger partial charge in [-0.3, -0.25) is 0 Å². The van der Waals surface area contributed by atoms with E-state index in [1.165, 1.54) is 99.2 Å². The first-order chi connectivity index (χ1) is 30.7. The maximum absolute atomic E-state index is 2.41. The van der Waals surface area contributed by atoms with E-state index >= 15 is 0 Å². The summed E-state index contributed by atoms with van der Waals surface area (Å²) in [5.74, 6) is 0. The molecule has 12 rings (SSSR count). The van der Waals surface area contributed by atoms with Crippen molar-refractivity contribution in [1.29, 1.82) is 0 Å². The summed E-state index contributed by atoms with van der Waals surface area (Å²) in [4.78, 5) is 0. The SMILES string of the molecule is c1ccc(-c2ccc(-n3c4ccccc4c4cc(-c5ccc6c(c5)c5ccccc5n6-c5ccc(-c6cccc(-c7cccc(-c8ccccc8)c7)c6)cc5)ccc43)cc2)cc1. The molecule has 0 radical (unpaired) electrons. The highest BCUT2D eigenvalue weighted by Gasteiger charge is 2.17. The molecule has 0 spiro atoms. The lowest BCUT2D eigenvalue weighted by atomic mass is 9.96. The van der Waals surface area contributed by atoms with E-state index in [2.05, 4.69) is 252 Å². The lowest BCUT2D eigenvalue weighted by Gasteiger charge is -2.11. The third-order valence-corrected chi connectivity index (χ3v) is 12.5. The minimum absolute atomic E-state index is 1.14. The number of rotatable bonds is 7.